The molecule has 2 amide bonds. The minimum Gasteiger partial charge on any atom is -0.850 e. The van der Waals surface area contributed by atoms with E-state index < -0.39 is 55.7 Å². The molecule has 0 unspecified atom stereocenters. The number of aromatic nitrogens is 8. The van der Waals surface area contributed by atoms with Gasteiger partial charge in [-0.05, 0) is 152 Å². The molecule has 12 aromatic carbocycles. The van der Waals surface area contributed by atoms with Crippen LogP contribution >= 0.6 is 0 Å². The van der Waals surface area contributed by atoms with E-state index in [1.807, 2.05) is 94.4 Å². The third-order valence-electron chi connectivity index (χ3n) is 18.1. The Kier molecular flexibility index (Phi) is 44.9. The summed E-state index contributed by atoms with van der Waals surface area (Å²) in [6.45, 7) is 19.2. The van der Waals surface area contributed by atoms with Gasteiger partial charge in [0, 0.05) is 135 Å². The Hall–Kier alpha value is -14.9. The number of rotatable bonds is 13. The molecule has 16 rings (SSSR count). The van der Waals surface area contributed by atoms with E-state index in [0.29, 0.717) is 96.1 Å². The van der Waals surface area contributed by atoms with Crippen molar-refractivity contribution in [1.29, 1.82) is 0 Å². The summed E-state index contributed by atoms with van der Waals surface area (Å²) in [7, 11) is 2.65. The molecule has 0 bridgehead atoms. The number of anilines is 5. The minimum atomic E-state index is -4.56. The van der Waals surface area contributed by atoms with Crippen LogP contribution < -0.4 is 120 Å². The van der Waals surface area contributed by atoms with Gasteiger partial charge in [-0.2, -0.15) is 41.3 Å². The number of aromatic amines is 1. The predicted molar refractivity (Wildman–Crippen MR) is 510 cm³/mol. The number of nitrogens with two attached hydrogens (primary N) is 3. The third-order valence-corrected chi connectivity index (χ3v) is 18.1. The van der Waals surface area contributed by atoms with Crippen LogP contribution in [0.5, 0.6) is 46.4 Å². The molecule has 0 saturated heterocycles. The number of carbonyl (C=O) groups excluding carboxylic acids is 1. The number of amides is 2. The predicted octanol–water partition coefficient (Wildman–Crippen LogP) is 19.6. The molecule has 4 heterocycles. The van der Waals surface area contributed by atoms with Crippen LogP contribution in [0.1, 0.15) is 78.0 Å². The number of H-pyrrole nitrogens is 1. The third kappa shape index (κ3) is 35.0. The van der Waals surface area contributed by atoms with Crippen molar-refractivity contribution >= 4 is 112 Å². The summed E-state index contributed by atoms with van der Waals surface area (Å²) in [6.07, 6.45) is -8.92. The molecular formula is C97H96F7KN17O16Pd-. The molecule has 4 aromatic heterocycles. The summed E-state index contributed by atoms with van der Waals surface area (Å²) in [5.41, 5.74) is 19.4. The van der Waals surface area contributed by atoms with Gasteiger partial charge in [0.25, 0.3) is 29.1 Å². The number of ether oxygens (including phenoxy) is 5. The maximum atomic E-state index is 13.2. The molecule has 139 heavy (non-hydrogen) atoms. The molecule has 0 fully saturated rings. The summed E-state index contributed by atoms with van der Waals surface area (Å²) in [6, 6.07) is 62.7. The number of hydrogen-bond donors (Lipinski definition) is 8. The van der Waals surface area contributed by atoms with Gasteiger partial charge in [-0.1, -0.05) is 124 Å². The van der Waals surface area contributed by atoms with Crippen LogP contribution in [0.2, 0.25) is 0 Å². The average Bonchev–Trinajstić information content (AvgIpc) is 0.791. The summed E-state index contributed by atoms with van der Waals surface area (Å²) in [5.74, 6) is 5.58. The van der Waals surface area contributed by atoms with Crippen molar-refractivity contribution in [3.63, 3.8) is 0 Å². The number of non-ortho nitro benzene ring substituents is 3. The Morgan fingerprint density at radius 2 is 0.719 bits per heavy atom. The number of nitrogen functional groups attached to an aromatic ring is 3. The zero-order chi connectivity index (χ0) is 99.3. The number of alkyl halides is 6. The molecule has 16 aromatic rings. The van der Waals surface area contributed by atoms with Crippen LogP contribution in [0.3, 0.4) is 0 Å². The molecule has 33 nitrogen and oxygen atoms in total. The van der Waals surface area contributed by atoms with Crippen molar-refractivity contribution in [1.82, 2.24) is 46.0 Å². The van der Waals surface area contributed by atoms with Crippen LogP contribution in [-0.4, -0.2) is 92.1 Å². The van der Waals surface area contributed by atoms with Gasteiger partial charge in [0.2, 0.25) is 17.6 Å². The van der Waals surface area contributed by atoms with Crippen LogP contribution in [0, 0.1) is 99.0 Å². The average molecular weight is 2030 g/mol. The van der Waals surface area contributed by atoms with Gasteiger partial charge in [-0.15, -0.1) is 5.60 Å². The Balaban J connectivity index is 0.000000344. The van der Waals surface area contributed by atoms with Gasteiger partial charge in [-0.3, -0.25) is 39.9 Å². The number of aryl methyl sites for hydroxylation is 8. The fourth-order valence-corrected chi connectivity index (χ4v) is 12.7. The molecular weight excluding hydrogens is 1940 g/mol. The smallest absolute Gasteiger partial charge is 0.850 e. The summed E-state index contributed by atoms with van der Waals surface area (Å²) < 4.78 is 116. The maximum Gasteiger partial charge on any atom is 1.00 e. The van der Waals surface area contributed by atoms with E-state index in [0.717, 1.165) is 86.8 Å². The summed E-state index contributed by atoms with van der Waals surface area (Å²) in [5, 5.41) is 61.0. The van der Waals surface area contributed by atoms with Gasteiger partial charge < -0.3 is 80.3 Å². The van der Waals surface area contributed by atoms with Gasteiger partial charge in [0.1, 0.15) is 57.9 Å². The molecule has 0 radical (unpaired) electrons. The molecule has 726 valence electrons. The number of halogens is 7. The zero-order valence-electron chi connectivity index (χ0n) is 77.6. The molecule has 0 saturated carbocycles. The number of fused-ring (bicyclic) bond motifs is 5. The number of carboxylic acid groups (broad SMARTS) is 1. The summed E-state index contributed by atoms with van der Waals surface area (Å²) >= 11 is 0. The first-order valence-corrected chi connectivity index (χ1v) is 40.1. The van der Waals surface area contributed by atoms with E-state index in [1.54, 1.807) is 146 Å². The molecule has 0 spiro atoms. The molecule has 0 aliphatic heterocycles. The van der Waals surface area contributed by atoms with Crippen molar-refractivity contribution in [2.45, 2.75) is 94.1 Å². The number of urea groups is 1. The number of methoxy groups -OCH3 is 2. The van der Waals surface area contributed by atoms with Crippen molar-refractivity contribution in [2.24, 2.45) is 0 Å². The van der Waals surface area contributed by atoms with Crippen molar-refractivity contribution in [2.75, 3.05) is 42.1 Å². The van der Waals surface area contributed by atoms with E-state index in [-0.39, 0.29) is 143 Å². The minimum absolute atomic E-state index is 0. The molecule has 13 N–H and O–H groups in total. The second-order valence-electron chi connectivity index (χ2n) is 29.7. The normalized spacial score (nSPS) is 10.3. The first-order chi connectivity index (χ1) is 63.7. The van der Waals surface area contributed by atoms with Gasteiger partial charge in [-0.25, -0.2) is 29.1 Å². The Morgan fingerprint density at radius 1 is 0.417 bits per heavy atom. The van der Waals surface area contributed by atoms with Crippen LogP contribution in [0.15, 0.2) is 247 Å². The number of nitrogens with zero attached hydrogens (tertiary/aromatic N) is 10. The van der Waals surface area contributed by atoms with Gasteiger partial charge >= 0.3 is 69.8 Å². The van der Waals surface area contributed by atoms with Crippen LogP contribution in [0.4, 0.5) is 81.0 Å². The Labute approximate surface area is 848 Å². The van der Waals surface area contributed by atoms with E-state index in [4.69, 9.17) is 50.8 Å². The van der Waals surface area contributed by atoms with Crippen molar-refractivity contribution in [3.8, 4) is 46.4 Å². The second-order valence-corrected chi connectivity index (χ2v) is 29.7. The van der Waals surface area contributed by atoms with E-state index in [2.05, 4.69) is 50.5 Å². The number of hydrogen-bond acceptors (Lipinski definition) is 26. The topological polar surface area (TPSA) is 513 Å². The first-order valence-electron chi connectivity index (χ1n) is 40.1. The second kappa shape index (κ2) is 53.6. The van der Waals surface area contributed by atoms with Crippen molar-refractivity contribution in [3.05, 3.63) is 354 Å². The van der Waals surface area contributed by atoms with Crippen LogP contribution in [-0.2, 0) is 37.6 Å². The number of carbonyl (C=O) groups is 2. The number of nitrogens with one attached hydrogen (secondary N) is 3. The van der Waals surface area contributed by atoms with Crippen molar-refractivity contribution < 1.29 is 161 Å². The van der Waals surface area contributed by atoms with E-state index >= 15 is 0 Å². The number of nitro benzene ring substituents is 3. The van der Waals surface area contributed by atoms with Gasteiger partial charge in [0.15, 0.2) is 0 Å². The van der Waals surface area contributed by atoms with Gasteiger partial charge in [0.05, 0.1) is 73.3 Å². The Bertz CT molecular complexity index is 6850. The summed E-state index contributed by atoms with van der Waals surface area (Å²) in [4.78, 5) is 94.8. The SMILES string of the molecule is CC(C)(C)[O-].COc1ccc(C(F)(F)F)cc1N.COc1ccc(C(F)(F)F)cc1NC(=O)Nc1ccc(Oc2cc(C)nc(C)n2)c2ccccc12.Cc1cc(=O)[nH]c(C)n1.Cc1cc(Oc2ccc(N)c3ccccc23)nc(C)n1.Cc1cc(Oc2ccc([N+](=O)[O-])c3ccccc23)nc(C)n1.N.Nc1ccc([N+](=O)[O-])c2ccccc12.O=CO.O=[N+]([O-])c1ccc(F)c2ccccc12.[CH3-].[K+].[Pd]. The monoisotopic (exact) mass is 2030 g/mol. The van der Waals surface area contributed by atoms with E-state index in [1.165, 1.54) is 56.7 Å². The fourth-order valence-electron chi connectivity index (χ4n) is 12.7. The number of benzene rings is 12. The van der Waals surface area contributed by atoms with Crippen LogP contribution in [0.25, 0.3) is 53.9 Å². The molecule has 0 aliphatic rings. The maximum absolute atomic E-state index is 13.2. The first kappa shape index (κ1) is 116. The standard InChI is InChI=1S/C25H21F3N4O3.C16H13N3O3.C16H15N3O.C10H6FNO2.C10H8N2O2.C8H8F3NO.C6H8N2O.C4H9O.CH2O2.CH3.K.H3N.Pd/c1-14-12-23(30-15(2)29-14)35-21-11-9-19(17-6-4-5-7-18(17)21)31-24(33)32-20-13-16(25(26,27)28)8-10-22(20)34-3;1-10-9-16(18-11(2)17-10)22-15-8-7-14(19(20)21)12-5-3-4-6-13(12)15;1-10-9-16(19-11(2)18-10)20-15-8-7-14(17)12-5-3-4-6-13(12)15;2*11-9-5-6-10(12(13)14)8-4-2-1-3-7(8)9;1-13-7-3-2-5(4-6(7)12)8(9,10)11;1-4-3-6(9)8-5(2)7-4;1-4(2,3)5;2-1-3;;;;/h4-13H,1-3H3,(H2,31,32,33);3-9H,1-2H3;3-9H,17H2,1-2H3;1-6H;1-6H,11H2;2-4H,12H2,1H3;3H,1-2H3,(H,7,8,9);1-3H3;1H,(H,2,3);1H3;;1H3;/q;;;;;;;-1;;-1;+1;;. The quantitative estimate of drug-likeness (QED) is 0.0101. The largest absolute Gasteiger partial charge is 1.00 e. The Morgan fingerprint density at radius 3 is 1.11 bits per heavy atom. The molecule has 0 aliphatic carbocycles. The fraction of sp³-hybridized carbons (Fsp3) is 0.165. The molecule has 0 atom stereocenters. The number of nitro groups is 3. The zero-order valence-corrected chi connectivity index (χ0v) is 82.3. The molecule has 42 heteroatoms. The van der Waals surface area contributed by atoms with E-state index in [9.17, 15) is 75.8 Å².